The van der Waals surface area contributed by atoms with Crippen molar-refractivity contribution in [1.29, 1.82) is 0 Å². The number of benzene rings is 4. The van der Waals surface area contributed by atoms with Crippen molar-refractivity contribution >= 4 is 22.7 Å². The molecular formula is C28H30N6O. The van der Waals surface area contributed by atoms with Crippen LogP contribution in [0.1, 0.15) is 22.3 Å². The van der Waals surface area contributed by atoms with E-state index in [9.17, 15) is 0 Å². The minimum Gasteiger partial charge on any atom is -0.399 e. The van der Waals surface area contributed by atoms with Crippen LogP contribution in [0.25, 0.3) is 0 Å². The Hall–Kier alpha value is -4.04. The van der Waals surface area contributed by atoms with Crippen LogP contribution in [0.15, 0.2) is 97.1 Å². The fourth-order valence-corrected chi connectivity index (χ4v) is 5.70. The quantitative estimate of drug-likeness (QED) is 0.252. The summed E-state index contributed by atoms with van der Waals surface area (Å²) in [7, 11) is 0. The van der Waals surface area contributed by atoms with E-state index in [-0.39, 0.29) is 0 Å². The van der Waals surface area contributed by atoms with Crippen molar-refractivity contribution < 1.29 is 4.74 Å². The smallest absolute Gasteiger partial charge is 0.123 e. The predicted molar refractivity (Wildman–Crippen MR) is 142 cm³/mol. The van der Waals surface area contributed by atoms with Gasteiger partial charge in [-0.1, -0.05) is 48.5 Å². The van der Waals surface area contributed by atoms with Crippen LogP contribution >= 0.6 is 0 Å². The monoisotopic (exact) mass is 466 g/mol. The van der Waals surface area contributed by atoms with Gasteiger partial charge in [0.2, 0.25) is 0 Å². The molecule has 0 saturated carbocycles. The normalized spacial score (nSPS) is 20.5. The van der Waals surface area contributed by atoms with Crippen LogP contribution in [0, 0.1) is 0 Å². The average Bonchev–Trinajstić information content (AvgIpc) is 3.08. The Bertz CT molecular complexity index is 1120. The fraction of sp³-hybridized carbons (Fsp3) is 0.143. The summed E-state index contributed by atoms with van der Waals surface area (Å²) in [5.41, 5.74) is 42.5. The molecule has 0 aliphatic carbocycles. The molecule has 7 nitrogen and oxygen atoms in total. The lowest BCUT2D eigenvalue weighted by Gasteiger charge is -2.49. The van der Waals surface area contributed by atoms with Gasteiger partial charge in [-0.3, -0.25) is 0 Å². The largest absolute Gasteiger partial charge is 0.399 e. The third-order valence-corrected chi connectivity index (χ3v) is 7.23. The molecular weight excluding hydrogens is 436 g/mol. The van der Waals surface area contributed by atoms with E-state index in [0.29, 0.717) is 22.7 Å². The number of anilines is 4. The van der Waals surface area contributed by atoms with Gasteiger partial charge < -0.3 is 39.1 Å². The summed E-state index contributed by atoms with van der Waals surface area (Å²) in [6, 6.07) is 30.8. The Morgan fingerprint density at radius 1 is 0.400 bits per heavy atom. The first-order valence-electron chi connectivity index (χ1n) is 11.4. The molecule has 35 heavy (non-hydrogen) atoms. The van der Waals surface area contributed by atoms with Gasteiger partial charge in [0.1, 0.15) is 12.5 Å². The molecule has 0 spiro atoms. The minimum atomic E-state index is -0.958. The van der Waals surface area contributed by atoms with Gasteiger partial charge in [0.25, 0.3) is 0 Å². The molecule has 0 bridgehead atoms. The van der Waals surface area contributed by atoms with E-state index in [4.69, 9.17) is 39.1 Å². The highest BCUT2D eigenvalue weighted by Crippen LogP contribution is 2.60. The molecule has 2 unspecified atom stereocenters. The van der Waals surface area contributed by atoms with Gasteiger partial charge in [0.05, 0.1) is 10.8 Å². The summed E-state index contributed by atoms with van der Waals surface area (Å²) in [6.45, 7) is 0. The molecule has 1 aliphatic rings. The zero-order valence-electron chi connectivity index (χ0n) is 19.3. The lowest BCUT2D eigenvalue weighted by molar-refractivity contribution is 0.0345. The summed E-state index contributed by atoms with van der Waals surface area (Å²) in [6.07, 6.45) is -1.61. The Morgan fingerprint density at radius 3 is 0.800 bits per heavy atom. The van der Waals surface area contributed by atoms with Crippen molar-refractivity contribution in [2.24, 2.45) is 11.5 Å². The van der Waals surface area contributed by atoms with Gasteiger partial charge in [-0.15, -0.1) is 0 Å². The third kappa shape index (κ3) is 3.24. The maximum absolute atomic E-state index is 6.94. The highest BCUT2D eigenvalue weighted by atomic mass is 16.5. The summed E-state index contributed by atoms with van der Waals surface area (Å²) < 4.78 is 6.36. The van der Waals surface area contributed by atoms with E-state index < -0.39 is 23.3 Å². The molecule has 2 atom stereocenters. The van der Waals surface area contributed by atoms with Crippen molar-refractivity contribution in [3.8, 4) is 0 Å². The fourth-order valence-electron chi connectivity index (χ4n) is 5.70. The average molecular weight is 467 g/mol. The van der Waals surface area contributed by atoms with Crippen LogP contribution in [0.5, 0.6) is 0 Å². The van der Waals surface area contributed by atoms with Crippen molar-refractivity contribution in [2.75, 3.05) is 22.9 Å². The molecule has 0 radical (unpaired) electrons. The van der Waals surface area contributed by atoms with E-state index in [2.05, 4.69) is 0 Å². The van der Waals surface area contributed by atoms with Crippen LogP contribution in [-0.2, 0) is 15.6 Å². The van der Waals surface area contributed by atoms with Crippen LogP contribution in [-0.4, -0.2) is 12.5 Å². The Morgan fingerprint density at radius 2 is 0.600 bits per heavy atom. The molecule has 0 amide bonds. The van der Waals surface area contributed by atoms with Crippen molar-refractivity contribution in [1.82, 2.24) is 0 Å². The SMILES string of the molecule is Nc1ccc(C2(c3ccc(N)cc3)C(N)OC(N)C2(c2ccc(N)cc2)c2ccc(N)cc2)cc1. The molecule has 1 fully saturated rings. The molecule has 12 N–H and O–H groups in total. The molecule has 1 aliphatic heterocycles. The second-order valence-electron chi connectivity index (χ2n) is 9.08. The summed E-state index contributed by atoms with van der Waals surface area (Å²) in [5, 5.41) is 0. The number of hydrogen-bond acceptors (Lipinski definition) is 7. The Labute approximate surface area is 204 Å². The van der Waals surface area contributed by atoms with Crippen molar-refractivity contribution in [2.45, 2.75) is 23.3 Å². The number of nitrogen functional groups attached to an aromatic ring is 4. The van der Waals surface area contributed by atoms with E-state index in [1.54, 1.807) is 0 Å². The van der Waals surface area contributed by atoms with Gasteiger partial charge in [-0.25, -0.2) is 0 Å². The van der Waals surface area contributed by atoms with Crippen LogP contribution < -0.4 is 34.4 Å². The van der Waals surface area contributed by atoms with E-state index in [1.165, 1.54) is 0 Å². The number of rotatable bonds is 4. The standard InChI is InChI=1S/C28H30N6O/c29-21-9-1-17(2-10-21)27(18-3-11-22(30)12-4-18)25(33)35-26(34)28(27,19-5-13-23(31)14-6-19)20-7-15-24(32)16-8-20/h1-16,25-26H,29-34H2. The highest BCUT2D eigenvalue weighted by Gasteiger charge is 2.67. The van der Waals surface area contributed by atoms with E-state index in [0.717, 1.165) is 22.3 Å². The third-order valence-electron chi connectivity index (χ3n) is 7.23. The first kappa shape index (κ1) is 22.7. The minimum absolute atomic E-state index is 0.642. The summed E-state index contributed by atoms with van der Waals surface area (Å²) in [4.78, 5) is 0. The molecule has 178 valence electrons. The molecule has 1 saturated heterocycles. The van der Waals surface area contributed by atoms with Gasteiger partial charge in [0, 0.05) is 22.7 Å². The van der Waals surface area contributed by atoms with Gasteiger partial charge >= 0.3 is 0 Å². The Balaban J connectivity index is 1.97. The number of hydrogen-bond donors (Lipinski definition) is 6. The lowest BCUT2D eigenvalue weighted by Crippen LogP contribution is -2.59. The second-order valence-corrected chi connectivity index (χ2v) is 9.08. The van der Waals surface area contributed by atoms with Crippen LogP contribution in [0.4, 0.5) is 22.7 Å². The molecule has 4 aromatic carbocycles. The zero-order valence-corrected chi connectivity index (χ0v) is 19.3. The maximum Gasteiger partial charge on any atom is 0.123 e. The zero-order chi connectivity index (χ0) is 24.8. The van der Waals surface area contributed by atoms with Gasteiger partial charge in [-0.2, -0.15) is 0 Å². The molecule has 5 rings (SSSR count). The van der Waals surface area contributed by atoms with Crippen molar-refractivity contribution in [3.05, 3.63) is 119 Å². The first-order chi connectivity index (χ1) is 16.8. The molecule has 0 aromatic heterocycles. The maximum atomic E-state index is 6.94. The van der Waals surface area contributed by atoms with Gasteiger partial charge in [0.15, 0.2) is 0 Å². The van der Waals surface area contributed by atoms with Crippen molar-refractivity contribution in [3.63, 3.8) is 0 Å². The topological polar surface area (TPSA) is 165 Å². The van der Waals surface area contributed by atoms with Crippen LogP contribution in [0.3, 0.4) is 0 Å². The molecule has 1 heterocycles. The highest BCUT2D eigenvalue weighted by molar-refractivity contribution is 5.62. The molecule has 4 aromatic rings. The Kier molecular flexibility index (Phi) is 5.40. The molecule has 7 heteroatoms. The predicted octanol–water partition coefficient (Wildman–Crippen LogP) is 2.89. The van der Waals surface area contributed by atoms with Gasteiger partial charge in [-0.05, 0) is 70.8 Å². The van der Waals surface area contributed by atoms with E-state index >= 15 is 0 Å². The number of ether oxygens (including phenoxy) is 1. The summed E-state index contributed by atoms with van der Waals surface area (Å²) >= 11 is 0. The summed E-state index contributed by atoms with van der Waals surface area (Å²) in [5.74, 6) is 0. The lowest BCUT2D eigenvalue weighted by atomic mass is 9.51. The first-order valence-corrected chi connectivity index (χ1v) is 11.4. The second kappa shape index (κ2) is 8.32. The number of nitrogens with two attached hydrogens (primary N) is 6. The van der Waals surface area contributed by atoms with Crippen LogP contribution in [0.2, 0.25) is 0 Å². The van der Waals surface area contributed by atoms with E-state index in [1.807, 2.05) is 97.1 Å².